The third kappa shape index (κ3) is 3.37. The van der Waals surface area contributed by atoms with Crippen molar-refractivity contribution in [3.05, 3.63) is 65.9 Å². The van der Waals surface area contributed by atoms with Gasteiger partial charge in [-0.25, -0.2) is 21.7 Å². The summed E-state index contributed by atoms with van der Waals surface area (Å²) in [6, 6.07) is 18.5. The average molecular weight is 328 g/mol. The van der Waals surface area contributed by atoms with Crippen LogP contribution in [0.1, 0.15) is 0 Å². The van der Waals surface area contributed by atoms with E-state index in [1.165, 1.54) is 10.0 Å². The Morgan fingerprint density at radius 1 is 0.652 bits per heavy atom. The lowest BCUT2D eigenvalue weighted by atomic mass is 10.3. The largest absolute Gasteiger partial charge is 0.250 e. The lowest BCUT2D eigenvalue weighted by molar-refractivity contribution is 0.901. The lowest BCUT2D eigenvalue weighted by Crippen LogP contribution is -2.31. The van der Waals surface area contributed by atoms with Crippen molar-refractivity contribution in [2.75, 3.05) is 10.0 Å². The number of nitrogens with two attached hydrogens (primary N) is 2. The van der Waals surface area contributed by atoms with E-state index in [2.05, 4.69) is 15.0 Å². The summed E-state index contributed by atoms with van der Waals surface area (Å²) < 4.78 is 0. The minimum absolute atomic E-state index is 0.00256. The molecule has 1 heterocycles. The van der Waals surface area contributed by atoms with Crippen LogP contribution in [0.3, 0.4) is 0 Å². The molecule has 4 N–H and O–H groups in total. The van der Waals surface area contributed by atoms with Crippen LogP contribution in [-0.4, -0.2) is 15.0 Å². The van der Waals surface area contributed by atoms with E-state index in [4.69, 9.17) is 23.3 Å². The zero-order valence-electron chi connectivity index (χ0n) is 12.0. The molecule has 116 valence electrons. The predicted molar refractivity (Wildman–Crippen MR) is 90.4 cm³/mol. The quantitative estimate of drug-likeness (QED) is 0.561. The highest BCUT2D eigenvalue weighted by atomic mass is 35.5. The van der Waals surface area contributed by atoms with Crippen LogP contribution in [0.25, 0.3) is 0 Å². The number of halogens is 1. The minimum Gasteiger partial charge on any atom is -0.246 e. The molecule has 0 amide bonds. The van der Waals surface area contributed by atoms with Crippen LogP contribution in [-0.2, 0) is 0 Å². The summed E-state index contributed by atoms with van der Waals surface area (Å²) in [5, 5.41) is 2.63. The van der Waals surface area contributed by atoms with E-state index < -0.39 is 0 Å². The molecular weight excluding hydrogens is 314 g/mol. The molecule has 0 saturated carbocycles. The van der Waals surface area contributed by atoms with Crippen LogP contribution in [0.2, 0.25) is 5.28 Å². The van der Waals surface area contributed by atoms with Gasteiger partial charge in [0.25, 0.3) is 11.9 Å². The van der Waals surface area contributed by atoms with Gasteiger partial charge < -0.3 is 0 Å². The van der Waals surface area contributed by atoms with E-state index in [-0.39, 0.29) is 17.2 Å². The summed E-state index contributed by atoms with van der Waals surface area (Å²) in [4.78, 5) is 12.4. The van der Waals surface area contributed by atoms with Crippen molar-refractivity contribution in [1.82, 2.24) is 15.0 Å². The second kappa shape index (κ2) is 6.57. The number of anilines is 4. The molecule has 0 radical (unpaired) electrons. The smallest absolute Gasteiger partial charge is 0.246 e. The van der Waals surface area contributed by atoms with Gasteiger partial charge in [-0.1, -0.05) is 36.4 Å². The summed E-state index contributed by atoms with van der Waals surface area (Å²) in [6.07, 6.45) is 0. The van der Waals surface area contributed by atoms with Crippen LogP contribution in [0.5, 0.6) is 0 Å². The fourth-order valence-corrected chi connectivity index (χ4v) is 2.10. The summed E-state index contributed by atoms with van der Waals surface area (Å²) in [7, 11) is 0. The Balaban J connectivity index is 1.96. The van der Waals surface area contributed by atoms with Gasteiger partial charge in [-0.3, -0.25) is 0 Å². The highest BCUT2D eigenvalue weighted by Gasteiger charge is 2.15. The molecule has 23 heavy (non-hydrogen) atoms. The molecule has 3 rings (SSSR count). The highest BCUT2D eigenvalue weighted by Crippen LogP contribution is 2.23. The number of rotatable bonds is 4. The molecule has 0 unspecified atom stereocenters. The Morgan fingerprint density at radius 2 is 1.04 bits per heavy atom. The third-order valence-corrected chi connectivity index (χ3v) is 3.25. The summed E-state index contributed by atoms with van der Waals surface area (Å²) >= 11 is 5.99. The van der Waals surface area contributed by atoms with Crippen LogP contribution in [0.15, 0.2) is 60.7 Å². The fraction of sp³-hybridized carbons (Fsp3) is 0. The number of benzene rings is 2. The first kappa shape index (κ1) is 15.2. The van der Waals surface area contributed by atoms with Crippen molar-refractivity contribution >= 4 is 34.9 Å². The molecule has 0 saturated heterocycles. The fourth-order valence-electron chi connectivity index (χ4n) is 1.95. The number of hydrogen-bond acceptors (Lipinski definition) is 7. The van der Waals surface area contributed by atoms with Crippen LogP contribution in [0.4, 0.5) is 23.3 Å². The second-order valence-corrected chi connectivity index (χ2v) is 4.95. The number of nitrogens with zero attached hydrogens (tertiary/aromatic N) is 5. The van der Waals surface area contributed by atoms with E-state index >= 15 is 0 Å². The van der Waals surface area contributed by atoms with Gasteiger partial charge in [-0.05, 0) is 35.9 Å². The number of hydrazine groups is 2. The Morgan fingerprint density at radius 3 is 1.43 bits per heavy atom. The second-order valence-electron chi connectivity index (χ2n) is 4.62. The number of hydrogen-bond donors (Lipinski definition) is 2. The van der Waals surface area contributed by atoms with Crippen LogP contribution in [0, 0.1) is 0 Å². The van der Waals surface area contributed by atoms with E-state index in [1.807, 2.05) is 60.7 Å². The lowest BCUT2D eigenvalue weighted by Gasteiger charge is -2.20. The average Bonchev–Trinajstić information content (AvgIpc) is 2.61. The maximum absolute atomic E-state index is 6.06. The Labute approximate surface area is 138 Å². The van der Waals surface area contributed by atoms with Gasteiger partial charge in [0.1, 0.15) is 0 Å². The van der Waals surface area contributed by atoms with Gasteiger partial charge in [0, 0.05) is 0 Å². The maximum atomic E-state index is 6.06. The van der Waals surface area contributed by atoms with Crippen molar-refractivity contribution in [2.45, 2.75) is 0 Å². The SMILES string of the molecule is NN(c1ccccc1)c1nc(Cl)nc(N(N)c2ccccc2)n1. The highest BCUT2D eigenvalue weighted by molar-refractivity contribution is 6.28. The van der Waals surface area contributed by atoms with Crippen molar-refractivity contribution < 1.29 is 0 Å². The molecule has 0 bridgehead atoms. The molecule has 8 heteroatoms. The maximum Gasteiger partial charge on any atom is 0.250 e. The molecule has 3 aromatic rings. The van der Waals surface area contributed by atoms with Crippen molar-refractivity contribution in [3.8, 4) is 0 Å². The Bertz CT molecular complexity index is 719. The molecule has 7 nitrogen and oxygen atoms in total. The Hall–Kier alpha value is -2.74. The van der Waals surface area contributed by atoms with Gasteiger partial charge in [-0.15, -0.1) is 0 Å². The molecule has 1 aromatic heterocycles. The zero-order chi connectivity index (χ0) is 16.2. The van der Waals surface area contributed by atoms with Gasteiger partial charge in [0.15, 0.2) is 0 Å². The Kier molecular flexibility index (Phi) is 4.33. The topological polar surface area (TPSA) is 97.2 Å². The minimum atomic E-state index is 0.00256. The zero-order valence-corrected chi connectivity index (χ0v) is 12.8. The molecular formula is C15H14ClN7. The standard InChI is InChI=1S/C15H14ClN7/c16-13-19-14(22(17)11-7-3-1-4-8-11)21-15(20-13)23(18)12-9-5-2-6-10-12/h1-10H,17-18H2. The van der Waals surface area contributed by atoms with Gasteiger partial charge in [0.2, 0.25) is 5.28 Å². The molecule has 2 aromatic carbocycles. The summed E-state index contributed by atoms with van der Waals surface area (Å²) in [5.41, 5.74) is 1.42. The normalized spacial score (nSPS) is 10.4. The van der Waals surface area contributed by atoms with Crippen molar-refractivity contribution in [1.29, 1.82) is 0 Å². The molecule has 0 aliphatic rings. The first-order valence-corrected chi connectivity index (χ1v) is 7.14. The van der Waals surface area contributed by atoms with Crippen LogP contribution >= 0.6 is 11.6 Å². The van der Waals surface area contributed by atoms with Gasteiger partial charge >= 0.3 is 0 Å². The molecule has 0 fully saturated rings. The first-order chi connectivity index (χ1) is 11.1. The van der Waals surface area contributed by atoms with Gasteiger partial charge in [0.05, 0.1) is 11.4 Å². The summed E-state index contributed by atoms with van der Waals surface area (Å²) in [6.45, 7) is 0. The monoisotopic (exact) mass is 327 g/mol. The molecule has 0 atom stereocenters. The van der Waals surface area contributed by atoms with Crippen molar-refractivity contribution in [2.24, 2.45) is 11.7 Å². The van der Waals surface area contributed by atoms with Crippen LogP contribution < -0.4 is 21.7 Å². The van der Waals surface area contributed by atoms with E-state index in [0.717, 1.165) is 0 Å². The van der Waals surface area contributed by atoms with E-state index in [9.17, 15) is 0 Å². The number of aromatic nitrogens is 3. The third-order valence-electron chi connectivity index (χ3n) is 3.08. The van der Waals surface area contributed by atoms with Crippen molar-refractivity contribution in [3.63, 3.8) is 0 Å². The summed E-state index contributed by atoms with van der Waals surface area (Å²) in [5.74, 6) is 12.5. The predicted octanol–water partition coefficient (Wildman–Crippen LogP) is 2.55. The molecule has 0 aliphatic heterocycles. The van der Waals surface area contributed by atoms with E-state index in [0.29, 0.717) is 11.4 Å². The molecule has 0 spiro atoms. The first-order valence-electron chi connectivity index (χ1n) is 6.76. The van der Waals surface area contributed by atoms with E-state index in [1.54, 1.807) is 0 Å². The number of para-hydroxylation sites is 2. The van der Waals surface area contributed by atoms with Gasteiger partial charge in [-0.2, -0.15) is 15.0 Å². The molecule has 0 aliphatic carbocycles.